The van der Waals surface area contributed by atoms with E-state index in [1.807, 2.05) is 66.4 Å². The molecular formula is C23H28N4O2S. The maximum atomic E-state index is 12.9. The fourth-order valence-corrected chi connectivity index (χ4v) is 3.94. The van der Waals surface area contributed by atoms with E-state index in [1.54, 1.807) is 6.07 Å². The van der Waals surface area contributed by atoms with Crippen LogP contribution in [-0.4, -0.2) is 34.2 Å². The van der Waals surface area contributed by atoms with Crippen LogP contribution in [-0.2, 0) is 17.8 Å². The highest BCUT2D eigenvalue weighted by molar-refractivity contribution is 7.12. The van der Waals surface area contributed by atoms with Crippen molar-refractivity contribution in [2.45, 2.75) is 39.8 Å². The third-order valence-corrected chi connectivity index (χ3v) is 5.73. The van der Waals surface area contributed by atoms with Crippen LogP contribution in [0, 0.1) is 19.8 Å². The number of aromatic nitrogens is 2. The molecule has 0 aliphatic carbocycles. The molecule has 3 aromatic rings. The van der Waals surface area contributed by atoms with Gasteiger partial charge in [0, 0.05) is 25.2 Å². The largest absolute Gasteiger partial charge is 0.354 e. The van der Waals surface area contributed by atoms with Crippen molar-refractivity contribution in [3.8, 4) is 0 Å². The second-order valence-electron chi connectivity index (χ2n) is 7.65. The van der Waals surface area contributed by atoms with Crippen molar-refractivity contribution in [3.05, 3.63) is 75.7 Å². The van der Waals surface area contributed by atoms with Crippen molar-refractivity contribution >= 4 is 23.2 Å². The number of carbonyl (C=O) groups excluding carboxylic acids is 2. The van der Waals surface area contributed by atoms with Gasteiger partial charge in [-0.25, -0.2) is 0 Å². The Bertz CT molecular complexity index is 967. The van der Waals surface area contributed by atoms with Crippen LogP contribution in [0.25, 0.3) is 0 Å². The maximum absolute atomic E-state index is 12.9. The average molecular weight is 425 g/mol. The fraction of sp³-hybridized carbons (Fsp3) is 0.348. The Morgan fingerprint density at radius 2 is 1.90 bits per heavy atom. The number of carbonyl (C=O) groups is 2. The lowest BCUT2D eigenvalue weighted by Crippen LogP contribution is -2.48. The van der Waals surface area contributed by atoms with Crippen LogP contribution in [0.3, 0.4) is 0 Å². The first-order chi connectivity index (χ1) is 14.4. The minimum Gasteiger partial charge on any atom is -0.354 e. The van der Waals surface area contributed by atoms with Crippen LogP contribution < -0.4 is 10.6 Å². The smallest absolute Gasteiger partial charge is 0.262 e. The minimum absolute atomic E-state index is 0.177. The molecule has 2 atom stereocenters. The molecule has 0 saturated carbocycles. The van der Waals surface area contributed by atoms with E-state index in [2.05, 4.69) is 22.7 Å². The summed E-state index contributed by atoms with van der Waals surface area (Å²) < 4.78 is 1.96. The van der Waals surface area contributed by atoms with Crippen molar-refractivity contribution in [2.75, 3.05) is 6.54 Å². The molecule has 0 bridgehead atoms. The Morgan fingerprint density at radius 3 is 2.53 bits per heavy atom. The molecule has 2 heterocycles. The Morgan fingerprint density at radius 1 is 1.13 bits per heavy atom. The SMILES string of the molecule is Cc1cc(C)n(CC(C)CNC(=O)C(Cc2ccccc2)NC(=O)c2cccs2)n1. The molecular weight excluding hydrogens is 396 g/mol. The molecule has 0 aliphatic heterocycles. The zero-order valence-corrected chi connectivity index (χ0v) is 18.4. The first-order valence-electron chi connectivity index (χ1n) is 10.1. The zero-order valence-electron chi connectivity index (χ0n) is 17.6. The van der Waals surface area contributed by atoms with Crippen molar-refractivity contribution in [2.24, 2.45) is 5.92 Å². The normalized spacial score (nSPS) is 12.9. The molecule has 30 heavy (non-hydrogen) atoms. The van der Waals surface area contributed by atoms with Gasteiger partial charge in [0.25, 0.3) is 5.91 Å². The topological polar surface area (TPSA) is 76.0 Å². The van der Waals surface area contributed by atoms with Gasteiger partial charge in [-0.2, -0.15) is 5.10 Å². The maximum Gasteiger partial charge on any atom is 0.262 e. The number of hydrogen-bond acceptors (Lipinski definition) is 4. The monoisotopic (exact) mass is 424 g/mol. The minimum atomic E-state index is -0.636. The number of rotatable bonds is 9. The summed E-state index contributed by atoms with van der Waals surface area (Å²) in [6.45, 7) is 7.32. The number of aryl methyl sites for hydroxylation is 2. The van der Waals surface area contributed by atoms with Crippen molar-refractivity contribution in [3.63, 3.8) is 0 Å². The van der Waals surface area contributed by atoms with E-state index in [0.717, 1.165) is 23.5 Å². The van der Waals surface area contributed by atoms with Crippen LogP contribution in [0.1, 0.15) is 33.5 Å². The Hall–Kier alpha value is -2.93. The van der Waals surface area contributed by atoms with E-state index in [0.29, 0.717) is 17.8 Å². The standard InChI is InChI=1S/C23H28N4O2S/c1-16(15-27-18(3)12-17(2)26-27)14-24-22(28)20(13-19-8-5-4-6-9-19)25-23(29)21-10-7-11-30-21/h4-12,16,20H,13-15H2,1-3H3,(H,24,28)(H,25,29). The quantitative estimate of drug-likeness (QED) is 0.553. The van der Waals surface area contributed by atoms with Crippen LogP contribution in [0.5, 0.6) is 0 Å². The highest BCUT2D eigenvalue weighted by Crippen LogP contribution is 2.11. The molecule has 0 fully saturated rings. The highest BCUT2D eigenvalue weighted by Gasteiger charge is 2.23. The lowest BCUT2D eigenvalue weighted by molar-refractivity contribution is -0.123. The summed E-state index contributed by atoms with van der Waals surface area (Å²) in [7, 11) is 0. The summed E-state index contributed by atoms with van der Waals surface area (Å²) in [5.74, 6) is -0.196. The highest BCUT2D eigenvalue weighted by atomic mass is 32.1. The van der Waals surface area contributed by atoms with E-state index in [1.165, 1.54) is 11.3 Å². The lowest BCUT2D eigenvalue weighted by Gasteiger charge is -2.20. The van der Waals surface area contributed by atoms with Gasteiger partial charge in [0.1, 0.15) is 6.04 Å². The summed E-state index contributed by atoms with van der Waals surface area (Å²) in [5.41, 5.74) is 3.10. The van der Waals surface area contributed by atoms with E-state index in [9.17, 15) is 9.59 Å². The molecule has 0 radical (unpaired) electrons. The van der Waals surface area contributed by atoms with Gasteiger partial charge in [-0.1, -0.05) is 43.3 Å². The van der Waals surface area contributed by atoms with Crippen molar-refractivity contribution in [1.29, 1.82) is 0 Å². The van der Waals surface area contributed by atoms with Crippen molar-refractivity contribution in [1.82, 2.24) is 20.4 Å². The molecule has 2 unspecified atom stereocenters. The number of thiophene rings is 1. The fourth-order valence-electron chi connectivity index (χ4n) is 3.31. The summed E-state index contributed by atoms with van der Waals surface area (Å²) in [4.78, 5) is 26.1. The molecule has 1 aromatic carbocycles. The third kappa shape index (κ3) is 6.03. The van der Waals surface area contributed by atoms with Crippen LogP contribution in [0.2, 0.25) is 0 Å². The molecule has 158 valence electrons. The number of nitrogens with one attached hydrogen (secondary N) is 2. The Labute approximate surface area is 181 Å². The second-order valence-corrected chi connectivity index (χ2v) is 8.60. The molecule has 0 spiro atoms. The molecule has 3 rings (SSSR count). The lowest BCUT2D eigenvalue weighted by atomic mass is 10.0. The van der Waals surface area contributed by atoms with Gasteiger partial charge in [0.15, 0.2) is 0 Å². The van der Waals surface area contributed by atoms with Gasteiger partial charge in [-0.05, 0) is 42.8 Å². The molecule has 0 saturated heterocycles. The number of amides is 2. The van der Waals surface area contributed by atoms with Gasteiger partial charge >= 0.3 is 0 Å². The predicted molar refractivity (Wildman–Crippen MR) is 120 cm³/mol. The Kier molecular flexibility index (Phi) is 7.41. The molecule has 7 heteroatoms. The van der Waals surface area contributed by atoms with Crippen LogP contribution >= 0.6 is 11.3 Å². The summed E-state index contributed by atoms with van der Waals surface area (Å²) in [6, 6.07) is 14.7. The van der Waals surface area contributed by atoms with E-state index in [4.69, 9.17) is 0 Å². The van der Waals surface area contributed by atoms with Gasteiger partial charge in [-0.15, -0.1) is 11.3 Å². The van der Waals surface area contributed by atoms with E-state index < -0.39 is 6.04 Å². The Balaban J connectivity index is 1.61. The number of benzene rings is 1. The summed E-state index contributed by atoms with van der Waals surface area (Å²) in [6.07, 6.45) is 0.440. The van der Waals surface area contributed by atoms with Gasteiger partial charge in [-0.3, -0.25) is 14.3 Å². The molecule has 2 N–H and O–H groups in total. The number of nitrogens with zero attached hydrogens (tertiary/aromatic N) is 2. The first kappa shape index (κ1) is 21.8. The van der Waals surface area contributed by atoms with Crippen LogP contribution in [0.4, 0.5) is 0 Å². The van der Waals surface area contributed by atoms with Gasteiger partial charge in [0.05, 0.1) is 10.6 Å². The second kappa shape index (κ2) is 10.2. The average Bonchev–Trinajstić information content (AvgIpc) is 3.36. The number of hydrogen-bond donors (Lipinski definition) is 2. The van der Waals surface area contributed by atoms with Gasteiger partial charge < -0.3 is 10.6 Å². The predicted octanol–water partition coefficient (Wildman–Crippen LogP) is 3.36. The van der Waals surface area contributed by atoms with Crippen LogP contribution in [0.15, 0.2) is 53.9 Å². The van der Waals surface area contributed by atoms with E-state index in [-0.39, 0.29) is 17.7 Å². The first-order valence-corrected chi connectivity index (χ1v) is 11.0. The van der Waals surface area contributed by atoms with Gasteiger partial charge in [0.2, 0.25) is 5.91 Å². The molecule has 2 amide bonds. The zero-order chi connectivity index (χ0) is 21.5. The summed E-state index contributed by atoms with van der Waals surface area (Å²) >= 11 is 1.36. The molecule has 6 nitrogen and oxygen atoms in total. The molecule has 0 aliphatic rings. The third-order valence-electron chi connectivity index (χ3n) is 4.86. The van der Waals surface area contributed by atoms with Crippen molar-refractivity contribution < 1.29 is 9.59 Å². The summed E-state index contributed by atoms with van der Waals surface area (Å²) in [5, 5.41) is 12.2. The van der Waals surface area contributed by atoms with E-state index >= 15 is 0 Å². The molecule has 2 aromatic heterocycles.